The summed E-state index contributed by atoms with van der Waals surface area (Å²) in [7, 11) is 0. The van der Waals surface area contributed by atoms with Crippen molar-refractivity contribution in [3.8, 4) is 28.7 Å². The van der Waals surface area contributed by atoms with Crippen LogP contribution in [-0.2, 0) is 0 Å². The minimum absolute atomic E-state index is 0.575. The highest BCUT2D eigenvalue weighted by Crippen LogP contribution is 2.42. The van der Waals surface area contributed by atoms with Crippen LogP contribution in [0.25, 0.3) is 83.2 Å². The lowest BCUT2D eigenvalue weighted by atomic mass is 10.0. The van der Waals surface area contributed by atoms with E-state index in [4.69, 9.17) is 19.4 Å². The van der Waals surface area contributed by atoms with E-state index >= 15 is 0 Å². The van der Waals surface area contributed by atoms with E-state index in [1.165, 1.54) is 0 Å². The summed E-state index contributed by atoms with van der Waals surface area (Å²) in [5.41, 5.74) is 5.69. The number of para-hydroxylation sites is 1. The summed E-state index contributed by atoms with van der Waals surface area (Å²) in [6.07, 6.45) is 0. The zero-order valence-electron chi connectivity index (χ0n) is 22.4. The van der Waals surface area contributed by atoms with Gasteiger partial charge >= 0.3 is 0 Å². The van der Waals surface area contributed by atoms with Crippen LogP contribution in [0.1, 0.15) is 0 Å². The number of aromatic nitrogens is 4. The molecule has 0 unspecified atom stereocenters. The largest absolute Gasteiger partial charge is 0.455 e. The summed E-state index contributed by atoms with van der Waals surface area (Å²) in [6.45, 7) is 0. The molecule has 0 aliphatic rings. The second-order valence-corrected chi connectivity index (χ2v) is 10.5. The van der Waals surface area contributed by atoms with Crippen LogP contribution >= 0.6 is 0 Å². The maximum Gasteiger partial charge on any atom is 0.238 e. The number of fused-ring (bicyclic) bond motifs is 9. The molecular formula is C37H22N4O. The van der Waals surface area contributed by atoms with Crippen LogP contribution in [-0.4, -0.2) is 19.5 Å². The average molecular weight is 539 g/mol. The first-order chi connectivity index (χ1) is 20.8. The topological polar surface area (TPSA) is 56.7 Å². The number of hydrogen-bond donors (Lipinski definition) is 0. The number of furan rings is 1. The quantitative estimate of drug-likeness (QED) is 0.225. The third kappa shape index (κ3) is 3.34. The number of rotatable bonds is 3. The van der Waals surface area contributed by atoms with Crippen molar-refractivity contribution in [3.63, 3.8) is 0 Å². The molecular weight excluding hydrogens is 516 g/mol. The van der Waals surface area contributed by atoms with E-state index in [0.717, 1.165) is 65.6 Å². The van der Waals surface area contributed by atoms with Crippen LogP contribution in [0.3, 0.4) is 0 Å². The predicted molar refractivity (Wildman–Crippen MR) is 170 cm³/mol. The normalized spacial score (nSPS) is 11.8. The zero-order chi connectivity index (χ0) is 27.6. The monoisotopic (exact) mass is 538 g/mol. The minimum atomic E-state index is 0.575. The summed E-state index contributed by atoms with van der Waals surface area (Å²) in [4.78, 5) is 15.0. The van der Waals surface area contributed by atoms with Crippen molar-refractivity contribution >= 4 is 54.5 Å². The van der Waals surface area contributed by atoms with Gasteiger partial charge < -0.3 is 4.42 Å². The molecule has 0 fully saturated rings. The van der Waals surface area contributed by atoms with Gasteiger partial charge in [0, 0.05) is 38.1 Å². The Labute approximate surface area is 240 Å². The lowest BCUT2D eigenvalue weighted by Crippen LogP contribution is -2.06. The summed E-state index contributed by atoms with van der Waals surface area (Å²) in [5.74, 6) is 1.84. The molecule has 0 saturated heterocycles. The minimum Gasteiger partial charge on any atom is -0.455 e. The number of nitrogens with zero attached hydrogens (tertiary/aromatic N) is 4. The van der Waals surface area contributed by atoms with Crippen molar-refractivity contribution in [2.75, 3.05) is 0 Å². The van der Waals surface area contributed by atoms with Gasteiger partial charge in [0.2, 0.25) is 5.95 Å². The molecule has 42 heavy (non-hydrogen) atoms. The molecule has 3 heterocycles. The van der Waals surface area contributed by atoms with Crippen molar-refractivity contribution in [3.05, 3.63) is 133 Å². The number of hydrogen-bond acceptors (Lipinski definition) is 4. The standard InChI is InChI=1S/C37H22N4O/c1-3-12-24(13-4-1)35-38-36(25-14-5-2-6-15-25)40-37(39-35)41-29-18-10-9-17-27(29)32-30(41)21-22-31-33(32)28-20-19-23-11-7-8-16-26(23)34(28)42-31/h1-22H. The molecule has 0 N–H and O–H groups in total. The van der Waals surface area contributed by atoms with Gasteiger partial charge in [-0.2, -0.15) is 9.97 Å². The Kier molecular flexibility index (Phi) is 4.83. The molecule has 9 rings (SSSR count). The fourth-order valence-electron chi connectivity index (χ4n) is 6.17. The Hall–Kier alpha value is -5.81. The molecule has 196 valence electrons. The molecule has 0 radical (unpaired) electrons. The van der Waals surface area contributed by atoms with Gasteiger partial charge in [0.1, 0.15) is 11.2 Å². The van der Waals surface area contributed by atoms with Gasteiger partial charge in [-0.1, -0.05) is 109 Å². The molecule has 0 aliphatic heterocycles. The highest BCUT2D eigenvalue weighted by molar-refractivity contribution is 6.29. The van der Waals surface area contributed by atoms with Crippen molar-refractivity contribution < 1.29 is 4.42 Å². The first-order valence-electron chi connectivity index (χ1n) is 14.0. The second kappa shape index (κ2) is 8.85. The zero-order valence-corrected chi connectivity index (χ0v) is 22.4. The molecule has 0 bridgehead atoms. The summed E-state index contributed by atoms with van der Waals surface area (Å²) >= 11 is 0. The van der Waals surface area contributed by atoms with Gasteiger partial charge in [-0.05, 0) is 29.7 Å². The molecule has 0 atom stereocenters. The molecule has 0 amide bonds. The van der Waals surface area contributed by atoms with E-state index < -0.39 is 0 Å². The molecule has 0 saturated carbocycles. The van der Waals surface area contributed by atoms with E-state index in [1.807, 2.05) is 60.7 Å². The average Bonchev–Trinajstić information content (AvgIpc) is 3.61. The van der Waals surface area contributed by atoms with Crippen LogP contribution in [0.5, 0.6) is 0 Å². The van der Waals surface area contributed by atoms with E-state index in [1.54, 1.807) is 0 Å². The summed E-state index contributed by atoms with van der Waals surface area (Å²) in [6, 6.07) is 45.5. The van der Waals surface area contributed by atoms with Crippen molar-refractivity contribution in [1.82, 2.24) is 19.5 Å². The summed E-state index contributed by atoms with van der Waals surface area (Å²) in [5, 5.41) is 6.72. The Balaban J connectivity index is 1.41. The van der Waals surface area contributed by atoms with Crippen LogP contribution in [0, 0.1) is 0 Å². The van der Waals surface area contributed by atoms with E-state index in [2.05, 4.69) is 77.4 Å². The third-order valence-electron chi connectivity index (χ3n) is 8.05. The van der Waals surface area contributed by atoms with Gasteiger partial charge in [-0.3, -0.25) is 4.57 Å². The van der Waals surface area contributed by atoms with Gasteiger partial charge in [0.25, 0.3) is 0 Å². The Morgan fingerprint density at radius 3 is 1.83 bits per heavy atom. The van der Waals surface area contributed by atoms with E-state index in [-0.39, 0.29) is 0 Å². The Bertz CT molecular complexity index is 2400. The summed E-state index contributed by atoms with van der Waals surface area (Å²) < 4.78 is 8.70. The molecule has 6 aromatic carbocycles. The van der Waals surface area contributed by atoms with Crippen LogP contribution < -0.4 is 0 Å². The van der Waals surface area contributed by atoms with Crippen molar-refractivity contribution in [2.24, 2.45) is 0 Å². The lowest BCUT2D eigenvalue weighted by molar-refractivity contribution is 0.673. The highest BCUT2D eigenvalue weighted by Gasteiger charge is 2.21. The van der Waals surface area contributed by atoms with Crippen LogP contribution in [0.15, 0.2) is 138 Å². The number of benzene rings is 6. The Morgan fingerprint density at radius 2 is 1.10 bits per heavy atom. The molecule has 5 nitrogen and oxygen atoms in total. The Morgan fingerprint density at radius 1 is 0.452 bits per heavy atom. The fourth-order valence-corrected chi connectivity index (χ4v) is 6.17. The highest BCUT2D eigenvalue weighted by atomic mass is 16.3. The first-order valence-corrected chi connectivity index (χ1v) is 14.0. The molecule has 0 aliphatic carbocycles. The first kappa shape index (κ1) is 22.9. The lowest BCUT2D eigenvalue weighted by Gasteiger charge is -2.10. The maximum atomic E-state index is 6.54. The van der Waals surface area contributed by atoms with Gasteiger partial charge in [0.05, 0.1) is 11.0 Å². The molecule has 0 spiro atoms. The van der Waals surface area contributed by atoms with Gasteiger partial charge in [0.15, 0.2) is 11.6 Å². The molecule has 3 aromatic heterocycles. The van der Waals surface area contributed by atoms with E-state index in [9.17, 15) is 0 Å². The SMILES string of the molecule is c1ccc(-c2nc(-c3ccccc3)nc(-n3c4ccccc4c4c5c(ccc43)oc3c4ccccc4ccc35)n2)cc1. The van der Waals surface area contributed by atoms with E-state index in [0.29, 0.717) is 17.6 Å². The second-order valence-electron chi connectivity index (χ2n) is 10.5. The van der Waals surface area contributed by atoms with Crippen molar-refractivity contribution in [2.45, 2.75) is 0 Å². The molecule has 9 aromatic rings. The van der Waals surface area contributed by atoms with Crippen LogP contribution in [0.2, 0.25) is 0 Å². The van der Waals surface area contributed by atoms with Crippen molar-refractivity contribution in [1.29, 1.82) is 0 Å². The van der Waals surface area contributed by atoms with Crippen LogP contribution in [0.4, 0.5) is 0 Å². The smallest absolute Gasteiger partial charge is 0.238 e. The van der Waals surface area contributed by atoms with Gasteiger partial charge in [-0.25, -0.2) is 4.98 Å². The molecule has 5 heteroatoms. The fraction of sp³-hybridized carbons (Fsp3) is 0. The predicted octanol–water partition coefficient (Wildman–Crippen LogP) is 9.36. The third-order valence-corrected chi connectivity index (χ3v) is 8.05. The maximum absolute atomic E-state index is 6.54. The van der Waals surface area contributed by atoms with Gasteiger partial charge in [-0.15, -0.1) is 0 Å².